The van der Waals surface area contributed by atoms with Crippen LogP contribution in [0.5, 0.6) is 5.75 Å². The fourth-order valence-electron chi connectivity index (χ4n) is 2.71. The van der Waals surface area contributed by atoms with Crippen LogP contribution in [0.1, 0.15) is 17.4 Å². The molecule has 0 radical (unpaired) electrons. The second-order valence-corrected chi connectivity index (χ2v) is 6.10. The zero-order chi connectivity index (χ0) is 18.9. The molecule has 0 bridgehead atoms. The van der Waals surface area contributed by atoms with E-state index < -0.39 is 0 Å². The van der Waals surface area contributed by atoms with E-state index >= 15 is 0 Å². The molecule has 2 heterocycles. The quantitative estimate of drug-likeness (QED) is 0.732. The van der Waals surface area contributed by atoms with Crippen molar-refractivity contribution in [1.82, 2.24) is 15.1 Å². The molecule has 2 N–H and O–H groups in total. The average molecular weight is 371 g/mol. The first-order chi connectivity index (χ1) is 13.2. The lowest BCUT2D eigenvalue weighted by atomic mass is 10.3. The van der Waals surface area contributed by atoms with Gasteiger partial charge >= 0.3 is 0 Å². The Balaban J connectivity index is 1.46. The van der Waals surface area contributed by atoms with E-state index in [9.17, 15) is 4.79 Å². The maximum absolute atomic E-state index is 12.3. The Bertz CT molecular complexity index is 715. The monoisotopic (exact) mass is 371 g/mol. The molecule has 27 heavy (non-hydrogen) atoms. The number of nitrogens with zero attached hydrogens (tertiary/aromatic N) is 3. The highest BCUT2D eigenvalue weighted by Crippen LogP contribution is 2.16. The summed E-state index contributed by atoms with van der Waals surface area (Å²) in [6.45, 7) is 7.72. The molecule has 144 valence electrons. The summed E-state index contributed by atoms with van der Waals surface area (Å²) in [5, 5.41) is 14.1. The van der Waals surface area contributed by atoms with Gasteiger partial charge in [0.05, 0.1) is 19.8 Å². The highest BCUT2D eigenvalue weighted by Gasteiger charge is 2.11. The van der Waals surface area contributed by atoms with Gasteiger partial charge in [-0.25, -0.2) is 0 Å². The van der Waals surface area contributed by atoms with E-state index in [0.717, 1.165) is 45.1 Å². The average Bonchev–Trinajstić information content (AvgIpc) is 2.71. The first-order valence-electron chi connectivity index (χ1n) is 9.16. The molecule has 1 aliphatic heterocycles. The summed E-state index contributed by atoms with van der Waals surface area (Å²) in [4.78, 5) is 14.6. The van der Waals surface area contributed by atoms with Gasteiger partial charge in [-0.2, -0.15) is 0 Å². The Morgan fingerprint density at radius 1 is 1.15 bits per heavy atom. The Morgan fingerprint density at radius 3 is 2.59 bits per heavy atom. The molecule has 1 aromatic heterocycles. The molecule has 0 spiro atoms. The van der Waals surface area contributed by atoms with E-state index in [2.05, 4.69) is 25.7 Å². The van der Waals surface area contributed by atoms with Gasteiger partial charge in [0, 0.05) is 31.9 Å². The molecule has 0 unspecified atom stereocenters. The predicted molar refractivity (Wildman–Crippen MR) is 103 cm³/mol. The van der Waals surface area contributed by atoms with Crippen molar-refractivity contribution in [3.63, 3.8) is 0 Å². The number of rotatable bonds is 8. The van der Waals surface area contributed by atoms with Gasteiger partial charge in [-0.3, -0.25) is 9.69 Å². The molecular formula is C19H25N5O3. The van der Waals surface area contributed by atoms with Gasteiger partial charge < -0.3 is 20.1 Å². The van der Waals surface area contributed by atoms with Crippen molar-refractivity contribution in [3.8, 4) is 5.75 Å². The van der Waals surface area contributed by atoms with Gasteiger partial charge in [-0.1, -0.05) is 0 Å². The molecular weight excluding hydrogens is 346 g/mol. The van der Waals surface area contributed by atoms with Crippen molar-refractivity contribution < 1.29 is 14.3 Å². The zero-order valence-corrected chi connectivity index (χ0v) is 15.5. The number of hydrogen-bond donors (Lipinski definition) is 2. The molecule has 8 nitrogen and oxygen atoms in total. The van der Waals surface area contributed by atoms with Gasteiger partial charge in [-0.05, 0) is 43.3 Å². The van der Waals surface area contributed by atoms with E-state index in [1.54, 1.807) is 24.3 Å². The van der Waals surface area contributed by atoms with Crippen LogP contribution in [0.4, 0.5) is 11.5 Å². The lowest BCUT2D eigenvalue weighted by molar-refractivity contribution is 0.0398. The standard InChI is InChI=1S/C19H25N5O3/c1-2-27-16-5-3-15(4-6-16)21-19(25)17-7-8-18(23-22-17)20-9-10-24-11-13-26-14-12-24/h3-8H,2,9-14H2,1H3,(H,20,23)(H,21,25). The number of nitrogens with one attached hydrogen (secondary N) is 2. The molecule has 2 aromatic rings. The second-order valence-electron chi connectivity index (χ2n) is 6.10. The maximum Gasteiger partial charge on any atom is 0.276 e. The fourth-order valence-corrected chi connectivity index (χ4v) is 2.71. The predicted octanol–water partition coefficient (Wildman–Crippen LogP) is 1.87. The third kappa shape index (κ3) is 5.90. The van der Waals surface area contributed by atoms with E-state index in [-0.39, 0.29) is 11.6 Å². The Kier molecular flexibility index (Phi) is 6.95. The number of hydrogen-bond acceptors (Lipinski definition) is 7. The minimum Gasteiger partial charge on any atom is -0.494 e. The van der Waals surface area contributed by atoms with Crippen molar-refractivity contribution in [2.75, 3.05) is 56.6 Å². The molecule has 1 fully saturated rings. The normalized spacial score (nSPS) is 14.6. The Hall–Kier alpha value is -2.71. The number of carbonyl (C=O) groups excluding carboxylic acids is 1. The second kappa shape index (κ2) is 9.84. The molecule has 1 saturated heterocycles. The minimum atomic E-state index is -0.300. The fraction of sp³-hybridized carbons (Fsp3) is 0.421. The maximum atomic E-state index is 12.3. The van der Waals surface area contributed by atoms with Gasteiger partial charge in [-0.15, -0.1) is 10.2 Å². The van der Waals surface area contributed by atoms with E-state index in [4.69, 9.17) is 9.47 Å². The van der Waals surface area contributed by atoms with Crippen LogP contribution in [-0.2, 0) is 4.74 Å². The van der Waals surface area contributed by atoms with Crippen LogP contribution in [0, 0.1) is 0 Å². The van der Waals surface area contributed by atoms with E-state index in [0.29, 0.717) is 18.1 Å². The third-order valence-corrected chi connectivity index (χ3v) is 4.16. The molecule has 8 heteroatoms. The summed E-state index contributed by atoms with van der Waals surface area (Å²) in [5.74, 6) is 1.12. The first-order valence-corrected chi connectivity index (χ1v) is 9.16. The number of anilines is 2. The van der Waals surface area contributed by atoms with Crippen LogP contribution in [0.25, 0.3) is 0 Å². The molecule has 3 rings (SSSR count). The first kappa shape index (κ1) is 19.1. The Labute approximate surface area is 158 Å². The molecule has 1 aliphatic rings. The van der Waals surface area contributed by atoms with Crippen LogP contribution < -0.4 is 15.4 Å². The number of morpholine rings is 1. The SMILES string of the molecule is CCOc1ccc(NC(=O)c2ccc(NCCN3CCOCC3)nn2)cc1. The number of carbonyl (C=O) groups is 1. The zero-order valence-electron chi connectivity index (χ0n) is 15.5. The molecule has 1 aromatic carbocycles. The summed E-state index contributed by atoms with van der Waals surface area (Å²) >= 11 is 0. The lowest BCUT2D eigenvalue weighted by Crippen LogP contribution is -2.39. The van der Waals surface area contributed by atoms with Gasteiger partial charge in [0.25, 0.3) is 5.91 Å². The molecule has 0 aliphatic carbocycles. The summed E-state index contributed by atoms with van der Waals surface area (Å²) in [6, 6.07) is 10.6. The number of amides is 1. The van der Waals surface area contributed by atoms with Crippen molar-refractivity contribution in [1.29, 1.82) is 0 Å². The van der Waals surface area contributed by atoms with Crippen LogP contribution in [0.3, 0.4) is 0 Å². The summed E-state index contributed by atoms with van der Waals surface area (Å²) in [7, 11) is 0. The molecule has 1 amide bonds. The van der Waals surface area contributed by atoms with Gasteiger partial charge in [0.2, 0.25) is 0 Å². The highest BCUT2D eigenvalue weighted by atomic mass is 16.5. The molecule has 0 atom stereocenters. The van der Waals surface area contributed by atoms with Crippen LogP contribution in [0.2, 0.25) is 0 Å². The van der Waals surface area contributed by atoms with Crippen molar-refractivity contribution in [3.05, 3.63) is 42.1 Å². The van der Waals surface area contributed by atoms with Crippen LogP contribution in [0.15, 0.2) is 36.4 Å². The largest absolute Gasteiger partial charge is 0.494 e. The van der Waals surface area contributed by atoms with E-state index in [1.807, 2.05) is 19.1 Å². The number of aromatic nitrogens is 2. The third-order valence-electron chi connectivity index (χ3n) is 4.16. The smallest absolute Gasteiger partial charge is 0.276 e. The van der Waals surface area contributed by atoms with Crippen molar-refractivity contribution in [2.45, 2.75) is 6.92 Å². The summed E-state index contributed by atoms with van der Waals surface area (Å²) in [5.41, 5.74) is 0.945. The molecule has 0 saturated carbocycles. The van der Waals surface area contributed by atoms with Crippen LogP contribution in [-0.4, -0.2) is 67.0 Å². The highest BCUT2D eigenvalue weighted by molar-refractivity contribution is 6.02. The lowest BCUT2D eigenvalue weighted by Gasteiger charge is -2.26. The topological polar surface area (TPSA) is 88.6 Å². The Morgan fingerprint density at radius 2 is 1.93 bits per heavy atom. The van der Waals surface area contributed by atoms with E-state index in [1.165, 1.54) is 0 Å². The summed E-state index contributed by atoms with van der Waals surface area (Å²) < 4.78 is 10.7. The van der Waals surface area contributed by atoms with Gasteiger partial charge in [0.1, 0.15) is 11.6 Å². The summed E-state index contributed by atoms with van der Waals surface area (Å²) in [6.07, 6.45) is 0. The van der Waals surface area contributed by atoms with Crippen molar-refractivity contribution in [2.24, 2.45) is 0 Å². The van der Waals surface area contributed by atoms with Crippen molar-refractivity contribution >= 4 is 17.4 Å². The number of benzene rings is 1. The minimum absolute atomic E-state index is 0.266. The number of ether oxygens (including phenoxy) is 2. The van der Waals surface area contributed by atoms with Gasteiger partial charge in [0.15, 0.2) is 5.69 Å². The van der Waals surface area contributed by atoms with Crippen LogP contribution >= 0.6 is 0 Å².